The number of nitrogen functional groups attached to an aromatic ring is 1. The standard InChI is InChI=1S/C9H13N.C2H6S.C2H6/c1-7(2)8-4-3-5-9(10)6-8;1-3-2;1-2/h3-7H,10H2,1-2H3;1-2H3;1-2H3. The lowest BCUT2D eigenvalue weighted by Gasteiger charge is -2.04. The first kappa shape index (κ1) is 16.8. The Kier molecular flexibility index (Phi) is 12.8. The zero-order chi connectivity index (χ0) is 12.3. The average molecular weight is 227 g/mol. The highest BCUT2D eigenvalue weighted by atomic mass is 32.2. The lowest BCUT2D eigenvalue weighted by atomic mass is 10.0. The van der Waals surface area contributed by atoms with E-state index in [-0.39, 0.29) is 0 Å². The van der Waals surface area contributed by atoms with Crippen LogP contribution in [-0.2, 0) is 0 Å². The molecule has 2 N–H and O–H groups in total. The molecule has 0 aromatic heterocycles. The van der Waals surface area contributed by atoms with Crippen LogP contribution < -0.4 is 5.73 Å². The second kappa shape index (κ2) is 11.4. The molecule has 1 nitrogen and oxygen atoms in total. The van der Waals surface area contributed by atoms with E-state index in [9.17, 15) is 0 Å². The first-order chi connectivity index (χ1) is 7.11. The molecule has 0 amide bonds. The van der Waals surface area contributed by atoms with Gasteiger partial charge in [0.1, 0.15) is 0 Å². The number of benzene rings is 1. The molecule has 0 spiro atoms. The summed E-state index contributed by atoms with van der Waals surface area (Å²) >= 11 is 1.75. The van der Waals surface area contributed by atoms with Gasteiger partial charge in [-0.15, -0.1) is 0 Å². The minimum absolute atomic E-state index is 0.573. The summed E-state index contributed by atoms with van der Waals surface area (Å²) in [6, 6.07) is 8.02. The highest BCUT2D eigenvalue weighted by Crippen LogP contribution is 2.15. The monoisotopic (exact) mass is 227 g/mol. The number of hydrogen-bond donors (Lipinski definition) is 1. The van der Waals surface area contributed by atoms with Gasteiger partial charge in [-0.25, -0.2) is 0 Å². The maximum Gasteiger partial charge on any atom is 0.0316 e. The van der Waals surface area contributed by atoms with Crippen molar-refractivity contribution in [1.82, 2.24) is 0 Å². The van der Waals surface area contributed by atoms with Gasteiger partial charge in [-0.2, -0.15) is 11.8 Å². The predicted octanol–water partition coefficient (Wildman–Crippen LogP) is 4.40. The van der Waals surface area contributed by atoms with Gasteiger partial charge < -0.3 is 5.73 Å². The van der Waals surface area contributed by atoms with E-state index in [1.165, 1.54) is 5.56 Å². The molecule has 0 aliphatic rings. The van der Waals surface area contributed by atoms with Gasteiger partial charge in [-0.05, 0) is 36.1 Å². The second-order valence-corrected chi connectivity index (χ2v) is 4.05. The van der Waals surface area contributed by atoms with Crippen molar-refractivity contribution >= 4 is 17.4 Å². The van der Waals surface area contributed by atoms with Gasteiger partial charge in [-0.1, -0.05) is 39.8 Å². The van der Waals surface area contributed by atoms with Crippen molar-refractivity contribution in [3.63, 3.8) is 0 Å². The van der Waals surface area contributed by atoms with Gasteiger partial charge >= 0.3 is 0 Å². The molecule has 0 saturated heterocycles. The van der Waals surface area contributed by atoms with E-state index in [2.05, 4.69) is 19.9 Å². The summed E-state index contributed by atoms with van der Waals surface area (Å²) in [5.41, 5.74) is 7.75. The minimum atomic E-state index is 0.573. The summed E-state index contributed by atoms with van der Waals surface area (Å²) in [6.45, 7) is 8.32. The van der Waals surface area contributed by atoms with Crippen LogP contribution in [0.5, 0.6) is 0 Å². The molecule has 0 radical (unpaired) electrons. The van der Waals surface area contributed by atoms with Crippen molar-refractivity contribution in [3.8, 4) is 0 Å². The Hall–Kier alpha value is -0.630. The van der Waals surface area contributed by atoms with Gasteiger partial charge in [0.05, 0.1) is 0 Å². The first-order valence-electron chi connectivity index (χ1n) is 5.37. The molecule has 1 aromatic carbocycles. The number of nitrogens with two attached hydrogens (primary N) is 1. The Bertz CT molecular complexity index is 234. The van der Waals surface area contributed by atoms with Gasteiger partial charge in [0.25, 0.3) is 0 Å². The molecular formula is C13H25NS. The van der Waals surface area contributed by atoms with Crippen LogP contribution in [0, 0.1) is 0 Å². The predicted molar refractivity (Wildman–Crippen MR) is 75.7 cm³/mol. The smallest absolute Gasteiger partial charge is 0.0316 e. The zero-order valence-electron chi connectivity index (χ0n) is 10.9. The summed E-state index contributed by atoms with van der Waals surface area (Å²) in [5, 5.41) is 0. The molecule has 0 unspecified atom stereocenters. The van der Waals surface area contributed by atoms with Gasteiger partial charge in [0.2, 0.25) is 0 Å². The Balaban J connectivity index is 0. The van der Waals surface area contributed by atoms with E-state index >= 15 is 0 Å². The van der Waals surface area contributed by atoms with Crippen molar-refractivity contribution in [2.24, 2.45) is 0 Å². The third-order valence-corrected chi connectivity index (χ3v) is 1.58. The highest BCUT2D eigenvalue weighted by Gasteiger charge is 1.96. The van der Waals surface area contributed by atoms with Crippen LogP contribution >= 0.6 is 11.8 Å². The SMILES string of the molecule is CC.CC(C)c1cccc(N)c1.CSC. The third kappa shape index (κ3) is 9.67. The fourth-order valence-corrected chi connectivity index (χ4v) is 0.918. The fraction of sp³-hybridized carbons (Fsp3) is 0.538. The molecule has 1 aromatic rings. The van der Waals surface area contributed by atoms with E-state index in [1.807, 2.05) is 44.6 Å². The normalized spacial score (nSPS) is 8.47. The molecule has 88 valence electrons. The Morgan fingerprint density at radius 3 is 1.87 bits per heavy atom. The maximum atomic E-state index is 5.60. The second-order valence-electron chi connectivity index (χ2n) is 3.23. The molecule has 0 bridgehead atoms. The molecule has 0 atom stereocenters. The van der Waals surface area contributed by atoms with E-state index in [0.717, 1.165) is 5.69 Å². The van der Waals surface area contributed by atoms with Gasteiger partial charge in [-0.3, -0.25) is 0 Å². The Labute approximate surface area is 99.5 Å². The van der Waals surface area contributed by atoms with Crippen molar-refractivity contribution < 1.29 is 0 Å². The molecule has 15 heavy (non-hydrogen) atoms. The van der Waals surface area contributed by atoms with Gasteiger partial charge in [0.15, 0.2) is 0 Å². The van der Waals surface area contributed by atoms with Crippen LogP contribution in [0.3, 0.4) is 0 Å². The summed E-state index contributed by atoms with van der Waals surface area (Å²) in [5.74, 6) is 0.573. The van der Waals surface area contributed by atoms with Crippen LogP contribution in [-0.4, -0.2) is 12.5 Å². The first-order valence-corrected chi connectivity index (χ1v) is 7.00. The summed E-state index contributed by atoms with van der Waals surface area (Å²) in [7, 11) is 0. The van der Waals surface area contributed by atoms with E-state index in [1.54, 1.807) is 11.8 Å². The molecule has 0 aliphatic heterocycles. The molecule has 0 aliphatic carbocycles. The van der Waals surface area contributed by atoms with Crippen LogP contribution in [0.1, 0.15) is 39.2 Å². The van der Waals surface area contributed by atoms with E-state index in [0.29, 0.717) is 5.92 Å². The lowest BCUT2D eigenvalue weighted by molar-refractivity contribution is 0.867. The third-order valence-electron chi connectivity index (χ3n) is 1.58. The van der Waals surface area contributed by atoms with Crippen molar-refractivity contribution in [1.29, 1.82) is 0 Å². The van der Waals surface area contributed by atoms with Crippen LogP contribution in [0.4, 0.5) is 5.69 Å². The Morgan fingerprint density at radius 2 is 1.60 bits per heavy atom. The van der Waals surface area contributed by atoms with Crippen LogP contribution in [0.15, 0.2) is 24.3 Å². The zero-order valence-corrected chi connectivity index (χ0v) is 11.7. The summed E-state index contributed by atoms with van der Waals surface area (Å²) in [4.78, 5) is 0. The fourth-order valence-electron chi connectivity index (χ4n) is 0.918. The molecular weight excluding hydrogens is 202 g/mol. The highest BCUT2D eigenvalue weighted by molar-refractivity contribution is 7.97. The van der Waals surface area contributed by atoms with E-state index < -0.39 is 0 Å². The molecule has 2 heteroatoms. The molecule has 0 saturated carbocycles. The number of hydrogen-bond acceptors (Lipinski definition) is 2. The molecule has 1 rings (SSSR count). The topological polar surface area (TPSA) is 26.0 Å². The van der Waals surface area contributed by atoms with Gasteiger partial charge in [0, 0.05) is 5.69 Å². The van der Waals surface area contributed by atoms with Crippen LogP contribution in [0.2, 0.25) is 0 Å². The summed E-state index contributed by atoms with van der Waals surface area (Å²) < 4.78 is 0. The summed E-state index contributed by atoms with van der Waals surface area (Å²) in [6.07, 6.45) is 4.08. The Morgan fingerprint density at radius 1 is 1.13 bits per heavy atom. The average Bonchev–Trinajstić information content (AvgIpc) is 2.22. The number of anilines is 1. The minimum Gasteiger partial charge on any atom is -0.399 e. The van der Waals surface area contributed by atoms with E-state index in [4.69, 9.17) is 5.73 Å². The van der Waals surface area contributed by atoms with Crippen molar-refractivity contribution in [2.75, 3.05) is 18.2 Å². The quantitative estimate of drug-likeness (QED) is 0.720. The largest absolute Gasteiger partial charge is 0.399 e. The number of thioether (sulfide) groups is 1. The maximum absolute atomic E-state index is 5.60. The van der Waals surface area contributed by atoms with Crippen molar-refractivity contribution in [3.05, 3.63) is 29.8 Å². The van der Waals surface area contributed by atoms with Crippen molar-refractivity contribution in [2.45, 2.75) is 33.6 Å². The number of rotatable bonds is 1. The van der Waals surface area contributed by atoms with Crippen LogP contribution in [0.25, 0.3) is 0 Å². The molecule has 0 heterocycles. The molecule has 0 fully saturated rings. The lowest BCUT2D eigenvalue weighted by Crippen LogP contribution is -1.89.